The van der Waals surface area contributed by atoms with Crippen LogP contribution in [0.1, 0.15) is 63.9 Å². The maximum atomic E-state index is 12.2. The molecule has 0 radical (unpaired) electrons. The van der Waals surface area contributed by atoms with Crippen molar-refractivity contribution in [3.05, 3.63) is 29.8 Å². The van der Waals surface area contributed by atoms with Gasteiger partial charge >= 0.3 is 0 Å². The molecule has 0 amide bonds. The summed E-state index contributed by atoms with van der Waals surface area (Å²) in [5.74, 6) is 0. The van der Waals surface area contributed by atoms with Crippen molar-refractivity contribution in [3.63, 3.8) is 0 Å². The van der Waals surface area contributed by atoms with E-state index in [1.807, 2.05) is 31.2 Å². The molecule has 1 aromatic rings. The first-order chi connectivity index (χ1) is 9.65. The zero-order valence-corrected chi connectivity index (χ0v) is 14.3. The summed E-state index contributed by atoms with van der Waals surface area (Å²) in [5, 5.41) is 0. The lowest BCUT2D eigenvalue weighted by molar-refractivity contribution is 0.581. The van der Waals surface area contributed by atoms with Gasteiger partial charge in [0.05, 0.1) is 10.8 Å². The highest BCUT2D eigenvalue weighted by molar-refractivity contribution is 7.87. The number of halogens is 1. The summed E-state index contributed by atoms with van der Waals surface area (Å²) in [7, 11) is -1.08. The van der Waals surface area contributed by atoms with Gasteiger partial charge in [0.2, 0.25) is 0 Å². The van der Waals surface area contributed by atoms with Crippen LogP contribution in [0.5, 0.6) is 0 Å². The Kier molecular flexibility index (Phi) is 9.21. The molecule has 1 nitrogen and oxygen atoms in total. The highest BCUT2D eigenvalue weighted by atomic mass is 35.5. The lowest BCUT2D eigenvalue weighted by Crippen LogP contribution is -2.08. The Morgan fingerprint density at radius 2 is 1.55 bits per heavy atom. The van der Waals surface area contributed by atoms with E-state index in [0.29, 0.717) is 0 Å². The van der Waals surface area contributed by atoms with E-state index in [1.54, 1.807) is 0 Å². The molecular formula is C17H27ClOS. The van der Waals surface area contributed by atoms with Gasteiger partial charge in [0.1, 0.15) is 4.71 Å². The zero-order valence-electron chi connectivity index (χ0n) is 12.7. The summed E-state index contributed by atoms with van der Waals surface area (Å²) in [6, 6.07) is 7.83. The van der Waals surface area contributed by atoms with Crippen molar-refractivity contribution >= 4 is 22.4 Å². The molecule has 0 N–H and O–H groups in total. The molecule has 0 fully saturated rings. The molecule has 0 saturated carbocycles. The Balaban J connectivity index is 2.20. The molecule has 3 heteroatoms. The van der Waals surface area contributed by atoms with Crippen LogP contribution in [0.3, 0.4) is 0 Å². The first kappa shape index (κ1) is 17.7. The molecule has 0 aromatic heterocycles. The van der Waals surface area contributed by atoms with E-state index in [-0.39, 0.29) is 4.71 Å². The van der Waals surface area contributed by atoms with Gasteiger partial charge in [0, 0.05) is 4.90 Å². The third kappa shape index (κ3) is 6.90. The second kappa shape index (κ2) is 10.4. The maximum absolute atomic E-state index is 12.2. The van der Waals surface area contributed by atoms with Crippen molar-refractivity contribution in [1.82, 2.24) is 0 Å². The standard InChI is InChI=1S/C17H27ClOS/c1-3-4-5-6-7-8-9-10-17(18)20(19)16-13-11-15(2)12-14-16/h11-14,17H,3-10H2,1-2H3. The van der Waals surface area contributed by atoms with Crippen LogP contribution in [0.4, 0.5) is 0 Å². The molecule has 0 aliphatic carbocycles. The van der Waals surface area contributed by atoms with Crippen molar-refractivity contribution in [2.24, 2.45) is 0 Å². The predicted octanol–water partition coefficient (Wildman–Crippen LogP) is 5.81. The third-order valence-corrected chi connectivity index (χ3v) is 5.66. The van der Waals surface area contributed by atoms with Crippen LogP contribution in [0, 0.1) is 6.92 Å². The van der Waals surface area contributed by atoms with Crippen LogP contribution in [0.25, 0.3) is 0 Å². The molecule has 0 heterocycles. The van der Waals surface area contributed by atoms with Crippen LogP contribution in [-0.2, 0) is 10.8 Å². The predicted molar refractivity (Wildman–Crippen MR) is 89.8 cm³/mol. The van der Waals surface area contributed by atoms with E-state index in [2.05, 4.69) is 6.92 Å². The molecule has 114 valence electrons. The molecule has 1 aromatic carbocycles. The Labute approximate surface area is 131 Å². The number of benzene rings is 1. The summed E-state index contributed by atoms with van der Waals surface area (Å²) >= 11 is 6.27. The summed E-state index contributed by atoms with van der Waals surface area (Å²) in [6.07, 6.45) is 9.71. The fourth-order valence-corrected chi connectivity index (χ4v) is 3.73. The van der Waals surface area contributed by atoms with Gasteiger partial charge < -0.3 is 0 Å². The number of rotatable bonds is 10. The van der Waals surface area contributed by atoms with Crippen molar-refractivity contribution in [2.75, 3.05) is 0 Å². The summed E-state index contributed by atoms with van der Waals surface area (Å²) in [6.45, 7) is 4.27. The quantitative estimate of drug-likeness (QED) is 0.393. The van der Waals surface area contributed by atoms with Gasteiger partial charge in [-0.3, -0.25) is 4.21 Å². The normalized spacial score (nSPS) is 14.2. The van der Waals surface area contributed by atoms with Gasteiger partial charge in [0.25, 0.3) is 0 Å². The molecule has 0 saturated heterocycles. The van der Waals surface area contributed by atoms with Crippen LogP contribution < -0.4 is 0 Å². The topological polar surface area (TPSA) is 17.1 Å². The van der Waals surface area contributed by atoms with Gasteiger partial charge in [-0.25, -0.2) is 0 Å². The summed E-state index contributed by atoms with van der Waals surface area (Å²) in [5.41, 5.74) is 1.18. The third-order valence-electron chi connectivity index (χ3n) is 3.52. The molecule has 2 atom stereocenters. The summed E-state index contributed by atoms with van der Waals surface area (Å²) < 4.78 is 12.0. The van der Waals surface area contributed by atoms with E-state index in [1.165, 1.54) is 44.1 Å². The lowest BCUT2D eigenvalue weighted by Gasteiger charge is -2.09. The van der Waals surface area contributed by atoms with Crippen molar-refractivity contribution in [2.45, 2.75) is 74.8 Å². The number of unbranched alkanes of at least 4 members (excludes halogenated alkanes) is 6. The maximum Gasteiger partial charge on any atom is 0.113 e. The van der Waals surface area contributed by atoms with Gasteiger partial charge in [-0.1, -0.05) is 69.6 Å². The average molecular weight is 315 g/mol. The van der Waals surface area contributed by atoms with Gasteiger partial charge in [-0.05, 0) is 25.5 Å². The van der Waals surface area contributed by atoms with Crippen LogP contribution >= 0.6 is 11.6 Å². The van der Waals surface area contributed by atoms with Gasteiger partial charge in [0.15, 0.2) is 0 Å². The SMILES string of the molecule is CCCCCCCCCC(Cl)S(=O)c1ccc(C)cc1. The lowest BCUT2D eigenvalue weighted by atomic mass is 10.1. The summed E-state index contributed by atoms with van der Waals surface area (Å²) in [4.78, 5) is 0.846. The number of alkyl halides is 1. The molecule has 1 rings (SSSR count). The first-order valence-corrected chi connectivity index (χ1v) is 9.41. The van der Waals surface area contributed by atoms with Gasteiger partial charge in [-0.2, -0.15) is 0 Å². The molecule has 0 bridgehead atoms. The fraction of sp³-hybridized carbons (Fsp3) is 0.647. The molecule has 0 spiro atoms. The van der Waals surface area contributed by atoms with Crippen molar-refractivity contribution < 1.29 is 4.21 Å². The number of hydrogen-bond donors (Lipinski definition) is 0. The smallest absolute Gasteiger partial charge is 0.113 e. The fourth-order valence-electron chi connectivity index (χ4n) is 2.19. The van der Waals surface area contributed by atoms with Crippen LogP contribution in [-0.4, -0.2) is 8.92 Å². The van der Waals surface area contributed by atoms with Gasteiger partial charge in [-0.15, -0.1) is 11.6 Å². The molecule has 0 aliphatic heterocycles. The van der Waals surface area contributed by atoms with Crippen LogP contribution in [0.2, 0.25) is 0 Å². The highest BCUT2D eigenvalue weighted by Crippen LogP contribution is 2.20. The molecule has 2 unspecified atom stereocenters. The Hall–Kier alpha value is -0.340. The van der Waals surface area contributed by atoms with Crippen molar-refractivity contribution in [1.29, 1.82) is 0 Å². The number of hydrogen-bond acceptors (Lipinski definition) is 1. The van der Waals surface area contributed by atoms with Crippen LogP contribution in [0.15, 0.2) is 29.2 Å². The highest BCUT2D eigenvalue weighted by Gasteiger charge is 2.14. The Bertz CT molecular complexity index is 388. The Morgan fingerprint density at radius 1 is 1.00 bits per heavy atom. The van der Waals surface area contributed by atoms with E-state index in [0.717, 1.165) is 17.7 Å². The van der Waals surface area contributed by atoms with E-state index >= 15 is 0 Å². The molecule has 0 aliphatic rings. The molecular weight excluding hydrogens is 288 g/mol. The Morgan fingerprint density at radius 3 is 2.15 bits per heavy atom. The minimum absolute atomic E-state index is 0.256. The van der Waals surface area contributed by atoms with Crippen molar-refractivity contribution in [3.8, 4) is 0 Å². The van der Waals surface area contributed by atoms with E-state index in [4.69, 9.17) is 11.6 Å². The average Bonchev–Trinajstić information content (AvgIpc) is 2.46. The largest absolute Gasteiger partial charge is 0.253 e. The second-order valence-electron chi connectivity index (χ2n) is 5.43. The minimum Gasteiger partial charge on any atom is -0.253 e. The molecule has 20 heavy (non-hydrogen) atoms. The minimum atomic E-state index is -1.08. The second-order valence-corrected chi connectivity index (χ2v) is 7.85. The zero-order chi connectivity index (χ0) is 14.8. The number of aryl methyl sites for hydroxylation is 1. The van der Waals surface area contributed by atoms with E-state index < -0.39 is 10.8 Å². The monoisotopic (exact) mass is 314 g/mol. The first-order valence-electron chi connectivity index (χ1n) is 7.76. The van der Waals surface area contributed by atoms with E-state index in [9.17, 15) is 4.21 Å².